The van der Waals surface area contributed by atoms with Crippen molar-refractivity contribution in [1.29, 1.82) is 0 Å². The van der Waals surface area contributed by atoms with Crippen LogP contribution >= 0.6 is 19.2 Å². The van der Waals surface area contributed by atoms with Gasteiger partial charge in [-0.05, 0) is 53.6 Å². The Morgan fingerprint density at radius 1 is 0.723 bits per heavy atom. The van der Waals surface area contributed by atoms with Crippen molar-refractivity contribution >= 4 is 71.6 Å². The first-order chi connectivity index (χ1) is 30.8. The Morgan fingerprint density at radius 2 is 1.28 bits per heavy atom. The number of hydrogen-bond acceptors (Lipinski definition) is 9. The molecule has 1 unspecified atom stereocenters. The number of aromatic nitrogens is 1. The summed E-state index contributed by atoms with van der Waals surface area (Å²) in [6.45, 7) is 0. The lowest BCUT2D eigenvalue weighted by atomic mass is 9.78. The second kappa shape index (κ2) is 22.7. The maximum Gasteiger partial charge on any atom is 0.358 e. The molecular weight excluding hydrogens is 887 g/mol. The second-order valence-corrected chi connectivity index (χ2v) is 18.0. The number of likely N-dealkylation sites (N-methyl/N-ethyl adjacent to an activating group) is 1. The van der Waals surface area contributed by atoms with Crippen molar-refractivity contribution in [2.45, 2.75) is 87.8 Å². The van der Waals surface area contributed by atoms with Crippen LogP contribution in [0.1, 0.15) is 66.6 Å². The Morgan fingerprint density at radius 3 is 1.86 bits per heavy atom. The van der Waals surface area contributed by atoms with Gasteiger partial charge in [-0.25, -0.2) is 0 Å². The van der Waals surface area contributed by atoms with Gasteiger partial charge in [0.1, 0.15) is 24.2 Å². The van der Waals surface area contributed by atoms with Crippen molar-refractivity contribution in [3.8, 4) is 0 Å². The van der Waals surface area contributed by atoms with E-state index in [4.69, 9.17) is 11.6 Å². The summed E-state index contributed by atoms with van der Waals surface area (Å²) in [5.74, 6) is -10.6. The van der Waals surface area contributed by atoms with Gasteiger partial charge in [0.2, 0.25) is 29.5 Å². The topological polar surface area (TPSA) is 314 Å². The fraction of sp³-hybridized carbons (Fsp3) is 0.386. The zero-order valence-electron chi connectivity index (χ0n) is 35.2. The quantitative estimate of drug-likeness (QED) is 0.0536. The van der Waals surface area contributed by atoms with Gasteiger partial charge >= 0.3 is 19.5 Å². The number of carboxylic acid groups (broad SMARTS) is 2. The molecule has 0 bridgehead atoms. The third-order valence-corrected chi connectivity index (χ3v) is 12.5. The monoisotopic (exact) mass is 938 g/mol. The van der Waals surface area contributed by atoms with Crippen LogP contribution in [0.4, 0.5) is 0 Å². The molecule has 5 amide bonds. The number of carboxylic acids is 2. The minimum atomic E-state index is -4.93. The highest BCUT2D eigenvalue weighted by atomic mass is 35.5. The minimum Gasteiger partial charge on any atom is -0.481 e. The molecule has 7 atom stereocenters. The van der Waals surface area contributed by atoms with Gasteiger partial charge in [0.15, 0.2) is 5.85 Å². The molecule has 4 aromatic rings. The summed E-state index contributed by atoms with van der Waals surface area (Å²) in [6, 6.07) is 13.2. The lowest BCUT2D eigenvalue weighted by Crippen LogP contribution is -2.59. The summed E-state index contributed by atoms with van der Waals surface area (Å²) in [6.07, 6.45) is 1.89. The van der Waals surface area contributed by atoms with Gasteiger partial charge in [-0.3, -0.25) is 38.1 Å². The Bertz CT molecular complexity index is 2410. The number of aliphatic carboxylic acids is 2. The molecule has 0 spiro atoms. The van der Waals surface area contributed by atoms with Crippen molar-refractivity contribution in [3.05, 3.63) is 106 Å². The van der Waals surface area contributed by atoms with Crippen LogP contribution in [-0.2, 0) is 57.4 Å². The third kappa shape index (κ3) is 13.9. The molecule has 0 aliphatic heterocycles. The minimum absolute atomic E-state index is 0.00646. The van der Waals surface area contributed by atoms with Crippen molar-refractivity contribution in [2.75, 3.05) is 7.05 Å². The molecule has 348 valence electrons. The number of benzene rings is 3. The first-order valence-electron chi connectivity index (χ1n) is 20.8. The summed E-state index contributed by atoms with van der Waals surface area (Å²) >= 11 is 6.13. The number of aliphatic hydroxyl groups excluding tert-OH is 1. The van der Waals surface area contributed by atoms with E-state index >= 15 is 0 Å². The largest absolute Gasteiger partial charge is 0.481 e. The van der Waals surface area contributed by atoms with E-state index in [1.54, 1.807) is 54.7 Å². The van der Waals surface area contributed by atoms with E-state index in [0.29, 0.717) is 40.1 Å². The molecular formula is C44H52ClN6O13P. The fourth-order valence-corrected chi connectivity index (χ4v) is 8.56. The van der Waals surface area contributed by atoms with Crippen molar-refractivity contribution < 1.29 is 63.2 Å². The fourth-order valence-electron chi connectivity index (χ4n) is 7.83. The molecule has 21 heteroatoms. The second-order valence-electron chi connectivity index (χ2n) is 15.9. The predicted molar refractivity (Wildman–Crippen MR) is 236 cm³/mol. The normalized spacial score (nSPS) is 17.4. The molecule has 5 rings (SSSR count). The van der Waals surface area contributed by atoms with Crippen LogP contribution in [0.15, 0.2) is 79.0 Å². The summed E-state index contributed by atoms with van der Waals surface area (Å²) in [4.78, 5) is 115. The number of halogens is 1. The van der Waals surface area contributed by atoms with Gasteiger partial charge in [-0.1, -0.05) is 85.1 Å². The Balaban J connectivity index is 1.42. The van der Waals surface area contributed by atoms with Gasteiger partial charge in [-0.2, -0.15) is 0 Å². The molecule has 65 heavy (non-hydrogen) atoms. The standard InChI is InChI=1S/C44H52ClN6O13P/c1-46-39(55)36(21-27-23-47-33-22-28(45)15-16-29(27)33)51-40(56)32(17-18-37(52)53)48-41(57)35(19-24-7-3-2-4-8-24)50-42(58)34(49-38(54)30-9-5-6-10-31(30)43(59)60)20-25-11-13-26(14-12-25)44(61)65(62,63)64/h2-4,7-8,11-16,22-23,30-32,34-36,44,47,61H,5-6,9-10,17-21H2,1H3,(H,46,55)(H,48,57)(H,49,54)(H,50,58)(H,51,56)(H,52,53)(H,59,60)(H2,62,63,64)/t30-,31-,32-,34-,35-,36-,44?/m0/s1. The zero-order chi connectivity index (χ0) is 47.4. The highest BCUT2D eigenvalue weighted by molar-refractivity contribution is 7.51. The van der Waals surface area contributed by atoms with Crippen LogP contribution in [0.2, 0.25) is 5.02 Å². The van der Waals surface area contributed by atoms with Gasteiger partial charge in [0.05, 0.1) is 11.8 Å². The number of H-pyrrole nitrogens is 1. The highest BCUT2D eigenvalue weighted by Gasteiger charge is 2.38. The van der Waals surface area contributed by atoms with E-state index < -0.39 is 104 Å². The number of hydrogen-bond donors (Lipinski definition) is 11. The smallest absolute Gasteiger partial charge is 0.358 e. The summed E-state index contributed by atoms with van der Waals surface area (Å²) in [5, 5.41) is 43.8. The predicted octanol–water partition coefficient (Wildman–Crippen LogP) is 2.46. The molecule has 1 aliphatic rings. The molecule has 1 saturated carbocycles. The number of carbonyl (C=O) groups excluding carboxylic acids is 5. The third-order valence-electron chi connectivity index (χ3n) is 11.3. The Labute approximate surface area is 378 Å². The summed E-state index contributed by atoms with van der Waals surface area (Å²) in [7, 11) is -3.56. The molecule has 1 heterocycles. The van der Waals surface area contributed by atoms with E-state index in [0.717, 1.165) is 5.39 Å². The lowest BCUT2D eigenvalue weighted by Gasteiger charge is -2.30. The maximum absolute atomic E-state index is 14.4. The van der Waals surface area contributed by atoms with Gasteiger partial charge < -0.3 is 56.7 Å². The number of rotatable bonds is 21. The van der Waals surface area contributed by atoms with Crippen LogP contribution in [0.25, 0.3) is 10.9 Å². The highest BCUT2D eigenvalue weighted by Crippen LogP contribution is 2.49. The first-order valence-corrected chi connectivity index (χ1v) is 22.9. The van der Waals surface area contributed by atoms with Crippen molar-refractivity contribution in [3.63, 3.8) is 0 Å². The number of nitrogens with one attached hydrogen (secondary N) is 6. The molecule has 3 aromatic carbocycles. The molecule has 1 aliphatic carbocycles. The van der Waals surface area contributed by atoms with E-state index in [1.165, 1.54) is 31.3 Å². The van der Waals surface area contributed by atoms with E-state index in [9.17, 15) is 63.2 Å². The van der Waals surface area contributed by atoms with E-state index in [-0.39, 0.29) is 37.7 Å². The van der Waals surface area contributed by atoms with Gasteiger partial charge in [-0.15, -0.1) is 0 Å². The Hall–Kier alpha value is -6.11. The van der Waals surface area contributed by atoms with Crippen LogP contribution in [0.5, 0.6) is 0 Å². The SMILES string of the molecule is CNC(=O)[C@H](Cc1c[nH]c2cc(Cl)ccc12)NC(=O)[C@H](CCC(=O)O)NC(=O)[C@H](Cc1ccccc1)NC(=O)[C@H](Cc1ccc(C(O)P(=O)(O)O)cc1)NC(=O)[C@H]1CCCC[C@@H]1C(=O)O. The summed E-state index contributed by atoms with van der Waals surface area (Å²) in [5.41, 5.74) is 2.13. The maximum atomic E-state index is 14.4. The van der Waals surface area contributed by atoms with Crippen molar-refractivity contribution in [1.82, 2.24) is 31.6 Å². The number of fused-ring (bicyclic) bond motifs is 1. The van der Waals surface area contributed by atoms with Crippen LogP contribution in [0, 0.1) is 11.8 Å². The number of amides is 5. The molecule has 0 saturated heterocycles. The van der Waals surface area contributed by atoms with Gasteiger partial charge in [0, 0.05) is 54.9 Å². The first kappa shape index (κ1) is 49.9. The molecule has 11 N–H and O–H groups in total. The van der Waals surface area contributed by atoms with Crippen LogP contribution in [0.3, 0.4) is 0 Å². The molecule has 1 aromatic heterocycles. The average molecular weight is 939 g/mol. The van der Waals surface area contributed by atoms with Gasteiger partial charge in [0.25, 0.3) is 0 Å². The lowest BCUT2D eigenvalue weighted by molar-refractivity contribution is -0.149. The number of aliphatic hydroxyl groups is 1. The Kier molecular flexibility index (Phi) is 17.4. The molecule has 0 radical (unpaired) electrons. The number of aromatic amines is 1. The van der Waals surface area contributed by atoms with Crippen molar-refractivity contribution in [2.24, 2.45) is 11.8 Å². The van der Waals surface area contributed by atoms with E-state index in [2.05, 4.69) is 31.6 Å². The van der Waals surface area contributed by atoms with E-state index in [1.807, 2.05) is 0 Å². The summed E-state index contributed by atoms with van der Waals surface area (Å²) < 4.78 is 11.7. The van der Waals surface area contributed by atoms with Crippen LogP contribution < -0.4 is 26.6 Å². The zero-order valence-corrected chi connectivity index (χ0v) is 36.9. The average Bonchev–Trinajstić information content (AvgIpc) is 3.67. The number of carbonyl (C=O) groups is 7. The molecule has 19 nitrogen and oxygen atoms in total. The van der Waals surface area contributed by atoms with Crippen LogP contribution in [-0.4, -0.2) is 103 Å². The molecule has 1 fully saturated rings.